The molecule has 0 amide bonds. The second-order valence-corrected chi connectivity index (χ2v) is 13.0. The predicted octanol–water partition coefficient (Wildman–Crippen LogP) is 2.98. The molecule has 2 aliphatic heterocycles. The van der Waals surface area contributed by atoms with Crippen LogP contribution in [0.25, 0.3) is 0 Å². The zero-order valence-corrected chi connectivity index (χ0v) is 19.0. The van der Waals surface area contributed by atoms with Crippen LogP contribution in [-0.2, 0) is 33.9 Å². The van der Waals surface area contributed by atoms with Gasteiger partial charge in [0, 0.05) is 0 Å². The van der Waals surface area contributed by atoms with Crippen molar-refractivity contribution in [3.8, 4) is 0 Å². The molecule has 1 N–H and O–H groups in total. The second-order valence-electron chi connectivity index (χ2n) is 9.06. The number of aliphatic hydroxyl groups excluding tert-OH is 1. The Balaban J connectivity index is 1.57. The average Bonchev–Trinajstić information content (AvgIpc) is 2.65. The first-order valence-electron chi connectivity index (χ1n) is 10.8. The monoisotopic (exact) mass is 472 g/mol. The molecule has 31 heavy (non-hydrogen) atoms. The summed E-state index contributed by atoms with van der Waals surface area (Å²) in [5, 5.41) is 10.3. The lowest BCUT2D eigenvalue weighted by atomic mass is 9.86. The van der Waals surface area contributed by atoms with Crippen LogP contribution in [-0.4, -0.2) is 50.6 Å². The van der Waals surface area contributed by atoms with Gasteiger partial charge in [0.05, 0.1) is 11.5 Å². The van der Waals surface area contributed by atoms with Crippen LogP contribution in [0.15, 0.2) is 34.0 Å². The number of aliphatic hydroxyl groups is 1. The van der Waals surface area contributed by atoms with Crippen molar-refractivity contribution in [2.75, 3.05) is 11.5 Å². The minimum Gasteiger partial charge on any atom is -0.480 e. The maximum atomic E-state index is 12.8. The van der Waals surface area contributed by atoms with Gasteiger partial charge in [-0.15, -0.1) is 0 Å². The smallest absolute Gasteiger partial charge is 0.350 e. The molecule has 2 aliphatic carbocycles. The normalized spacial score (nSPS) is 30.5. The zero-order chi connectivity index (χ0) is 22.3. The molecule has 0 unspecified atom stereocenters. The maximum absolute atomic E-state index is 12.8. The fourth-order valence-corrected chi connectivity index (χ4v) is 8.69. The summed E-state index contributed by atoms with van der Waals surface area (Å²) in [6.07, 6.45) is 10.7. The van der Waals surface area contributed by atoms with Crippen LogP contribution in [0, 0.1) is 0 Å². The van der Waals surface area contributed by atoms with Crippen LogP contribution in [0.3, 0.4) is 0 Å². The van der Waals surface area contributed by atoms with Gasteiger partial charge < -0.3 is 14.6 Å². The summed E-state index contributed by atoms with van der Waals surface area (Å²) in [5.74, 6) is -2.09. The Kier molecular flexibility index (Phi) is 5.74. The Morgan fingerprint density at radius 3 is 1.81 bits per heavy atom. The van der Waals surface area contributed by atoms with Gasteiger partial charge in [0.25, 0.3) is 5.95 Å². The van der Waals surface area contributed by atoms with Crippen molar-refractivity contribution in [3.63, 3.8) is 0 Å². The van der Waals surface area contributed by atoms with E-state index in [0.717, 1.165) is 56.8 Å². The minimum absolute atomic E-state index is 0.233. The van der Waals surface area contributed by atoms with E-state index < -0.39 is 52.6 Å². The molecule has 8 nitrogen and oxygen atoms in total. The van der Waals surface area contributed by atoms with Crippen LogP contribution < -0.4 is 0 Å². The highest BCUT2D eigenvalue weighted by Crippen LogP contribution is 2.41. The van der Waals surface area contributed by atoms with Gasteiger partial charge in [0.1, 0.15) is 16.1 Å². The summed E-state index contributed by atoms with van der Waals surface area (Å²) in [7, 11) is -7.70. The van der Waals surface area contributed by atoms with E-state index in [9.17, 15) is 26.7 Å². The third kappa shape index (κ3) is 4.41. The third-order valence-corrected chi connectivity index (χ3v) is 10.4. The fourth-order valence-electron chi connectivity index (χ4n) is 5.12. The molecule has 2 saturated carbocycles. The molecule has 3 fully saturated rings. The van der Waals surface area contributed by atoms with Gasteiger partial charge in [-0.3, -0.25) is 0 Å². The summed E-state index contributed by atoms with van der Waals surface area (Å²) in [6.45, 7) is 0. The Labute approximate surface area is 182 Å². The molecule has 0 aromatic rings. The first-order valence-corrected chi connectivity index (χ1v) is 14.1. The largest absolute Gasteiger partial charge is 0.480 e. The highest BCUT2D eigenvalue weighted by Gasteiger charge is 2.48. The Morgan fingerprint density at radius 1 is 0.774 bits per heavy atom. The first kappa shape index (κ1) is 22.4. The molecular weight excluding hydrogens is 444 g/mol. The Bertz CT molecular complexity index is 1050. The maximum Gasteiger partial charge on any atom is 0.350 e. The van der Waals surface area contributed by atoms with E-state index in [1.807, 2.05) is 0 Å². The van der Waals surface area contributed by atoms with Crippen LogP contribution >= 0.6 is 0 Å². The number of esters is 1. The quantitative estimate of drug-likeness (QED) is 0.480. The van der Waals surface area contributed by atoms with Crippen molar-refractivity contribution >= 4 is 25.6 Å². The summed E-state index contributed by atoms with van der Waals surface area (Å²) in [5.41, 5.74) is -1.85. The van der Waals surface area contributed by atoms with Crippen molar-refractivity contribution in [2.45, 2.75) is 75.4 Å². The molecule has 0 aromatic heterocycles. The summed E-state index contributed by atoms with van der Waals surface area (Å²) in [6, 6.07) is 0. The van der Waals surface area contributed by atoms with Crippen LogP contribution in [0.1, 0.15) is 64.2 Å². The topological polar surface area (TPSA) is 124 Å². The van der Waals surface area contributed by atoms with Crippen LogP contribution in [0.2, 0.25) is 0 Å². The van der Waals surface area contributed by atoms with Crippen molar-refractivity contribution in [2.24, 2.45) is 0 Å². The van der Waals surface area contributed by atoms with Gasteiger partial charge in [0.2, 0.25) is 0 Å². The van der Waals surface area contributed by atoms with Gasteiger partial charge >= 0.3 is 5.97 Å². The number of carbonyl (C=O) groups is 1. The Morgan fingerprint density at radius 2 is 1.29 bits per heavy atom. The molecule has 2 heterocycles. The van der Waals surface area contributed by atoms with E-state index in [1.54, 1.807) is 0 Å². The SMILES string of the molecule is O=C1OC2(CCCCC2)CS(=O)(=O)C1=CC=CC1=C(O)OC2(CCCCC2)CS1(=O)=O. The lowest BCUT2D eigenvalue weighted by Gasteiger charge is -2.39. The summed E-state index contributed by atoms with van der Waals surface area (Å²) < 4.78 is 62.1. The molecule has 0 aromatic carbocycles. The average molecular weight is 473 g/mol. The molecular formula is C21H28O8S2. The molecule has 4 rings (SSSR count). The molecule has 0 bridgehead atoms. The third-order valence-electron chi connectivity index (χ3n) is 6.64. The molecule has 2 spiro atoms. The number of carbonyl (C=O) groups excluding carboxylic acids is 1. The number of allylic oxidation sites excluding steroid dienone is 3. The van der Waals surface area contributed by atoms with Gasteiger partial charge in [-0.25, -0.2) is 21.6 Å². The second kappa shape index (κ2) is 7.95. The lowest BCUT2D eigenvalue weighted by Crippen LogP contribution is -2.49. The Hall–Kier alpha value is -1.81. The van der Waals surface area contributed by atoms with Gasteiger partial charge in [-0.2, -0.15) is 0 Å². The van der Waals surface area contributed by atoms with Crippen molar-refractivity contribution in [1.29, 1.82) is 0 Å². The van der Waals surface area contributed by atoms with E-state index >= 15 is 0 Å². The number of sulfone groups is 2. The number of hydrogen-bond donors (Lipinski definition) is 1. The fraction of sp³-hybridized carbons (Fsp3) is 0.667. The van der Waals surface area contributed by atoms with Gasteiger partial charge in [0.15, 0.2) is 24.6 Å². The zero-order valence-electron chi connectivity index (χ0n) is 17.3. The molecule has 4 aliphatic rings. The summed E-state index contributed by atoms with van der Waals surface area (Å²) in [4.78, 5) is 11.5. The lowest BCUT2D eigenvalue weighted by molar-refractivity contribution is -0.156. The predicted molar refractivity (Wildman–Crippen MR) is 113 cm³/mol. The first-order chi connectivity index (χ1) is 14.6. The van der Waals surface area contributed by atoms with E-state index in [4.69, 9.17) is 9.47 Å². The molecule has 1 saturated heterocycles. The highest BCUT2D eigenvalue weighted by molar-refractivity contribution is 7.96. The highest BCUT2D eigenvalue weighted by atomic mass is 32.2. The van der Waals surface area contributed by atoms with Gasteiger partial charge in [-0.05, 0) is 63.5 Å². The minimum atomic E-state index is -3.87. The number of rotatable bonds is 2. The standard InChI is InChI=1S/C21H28O8S2/c22-18-16(30(24,25)14-20(28-18)10-3-1-4-11-20)8-7-9-17-19(23)29-21(15-31(17,26)27)12-5-2-6-13-21/h7-9,22H,1-6,10-15H2. The number of hydrogen-bond acceptors (Lipinski definition) is 8. The van der Waals surface area contributed by atoms with Gasteiger partial charge in [-0.1, -0.05) is 18.9 Å². The molecule has 0 radical (unpaired) electrons. The molecule has 10 heteroatoms. The molecule has 0 atom stereocenters. The van der Waals surface area contributed by atoms with Crippen molar-refractivity contribution < 1.29 is 36.2 Å². The molecule has 172 valence electrons. The van der Waals surface area contributed by atoms with Crippen LogP contribution in [0.4, 0.5) is 0 Å². The van der Waals surface area contributed by atoms with Crippen molar-refractivity contribution in [3.05, 3.63) is 34.0 Å². The van der Waals surface area contributed by atoms with Crippen LogP contribution in [0.5, 0.6) is 0 Å². The van der Waals surface area contributed by atoms with E-state index in [0.29, 0.717) is 25.7 Å². The van der Waals surface area contributed by atoms with E-state index in [1.165, 1.54) is 0 Å². The van der Waals surface area contributed by atoms with E-state index in [2.05, 4.69) is 0 Å². The van der Waals surface area contributed by atoms with E-state index in [-0.39, 0.29) is 11.5 Å². The van der Waals surface area contributed by atoms with Crippen molar-refractivity contribution in [1.82, 2.24) is 0 Å². The summed E-state index contributed by atoms with van der Waals surface area (Å²) >= 11 is 0. The number of ether oxygens (including phenoxy) is 2.